The minimum Gasteiger partial charge on any atom is -0.493 e. The second-order valence-electron chi connectivity index (χ2n) is 5.80. The molecule has 3 rings (SSSR count). The fourth-order valence-corrected chi connectivity index (χ4v) is 3.03. The monoisotopic (exact) mass is 318 g/mol. The first kappa shape index (κ1) is 15.6. The fourth-order valence-electron chi connectivity index (χ4n) is 3.03. The summed E-state index contributed by atoms with van der Waals surface area (Å²) in [5.41, 5.74) is 3.94. The van der Waals surface area contributed by atoms with E-state index in [9.17, 15) is 4.79 Å². The molecule has 0 saturated heterocycles. The van der Waals surface area contributed by atoms with E-state index >= 15 is 0 Å². The van der Waals surface area contributed by atoms with E-state index in [1.54, 1.807) is 7.11 Å². The van der Waals surface area contributed by atoms with Gasteiger partial charge in [-0.3, -0.25) is 0 Å². The Hall–Kier alpha value is -2.24. The van der Waals surface area contributed by atoms with Crippen LogP contribution in [0.3, 0.4) is 0 Å². The zero-order chi connectivity index (χ0) is 16.2. The molecule has 1 fully saturated rings. The van der Waals surface area contributed by atoms with Crippen LogP contribution in [0.5, 0.6) is 11.5 Å². The van der Waals surface area contributed by atoms with Crippen LogP contribution >= 0.6 is 0 Å². The Morgan fingerprint density at radius 3 is 2.78 bits per heavy atom. The van der Waals surface area contributed by atoms with Gasteiger partial charge in [0.05, 0.1) is 13.2 Å². The number of amides is 1. The summed E-state index contributed by atoms with van der Waals surface area (Å²) in [6, 6.07) is 5.69. The van der Waals surface area contributed by atoms with E-state index in [1.165, 1.54) is 12.8 Å². The van der Waals surface area contributed by atoms with Crippen LogP contribution in [-0.2, 0) is 4.74 Å². The molecule has 1 atom stereocenters. The first-order chi connectivity index (χ1) is 11.2. The molecule has 1 amide bonds. The largest absolute Gasteiger partial charge is 0.493 e. The molecule has 0 bridgehead atoms. The molecule has 1 N–H and O–H groups in total. The Morgan fingerprint density at radius 1 is 1.30 bits per heavy atom. The van der Waals surface area contributed by atoms with Crippen LogP contribution in [-0.4, -0.2) is 31.1 Å². The van der Waals surface area contributed by atoms with Gasteiger partial charge in [-0.25, -0.2) is 10.2 Å². The fraction of sp³-hybridized carbons (Fsp3) is 0.529. The summed E-state index contributed by atoms with van der Waals surface area (Å²) in [7, 11) is 1.63. The number of rotatable bonds is 5. The van der Waals surface area contributed by atoms with E-state index in [-0.39, 0.29) is 12.2 Å². The minimum atomic E-state index is -0.517. The molecule has 6 heteroatoms. The van der Waals surface area contributed by atoms with E-state index in [0.717, 1.165) is 18.4 Å². The van der Waals surface area contributed by atoms with Crippen molar-refractivity contribution in [2.75, 3.05) is 7.11 Å². The first-order valence-corrected chi connectivity index (χ1v) is 8.10. The van der Waals surface area contributed by atoms with Crippen molar-refractivity contribution in [2.24, 2.45) is 5.10 Å². The molecule has 1 saturated carbocycles. The van der Waals surface area contributed by atoms with Crippen molar-refractivity contribution in [1.29, 1.82) is 0 Å². The van der Waals surface area contributed by atoms with E-state index in [2.05, 4.69) is 10.5 Å². The van der Waals surface area contributed by atoms with Gasteiger partial charge < -0.3 is 14.2 Å². The highest BCUT2D eigenvalue weighted by Crippen LogP contribution is 2.33. The number of benzene rings is 1. The normalized spacial score (nSPS) is 21.4. The molecule has 0 spiro atoms. The average molecular weight is 318 g/mol. The van der Waals surface area contributed by atoms with Crippen LogP contribution in [0.25, 0.3) is 0 Å². The van der Waals surface area contributed by atoms with Crippen LogP contribution in [0.15, 0.2) is 23.3 Å². The lowest BCUT2D eigenvalue weighted by atomic mass is 10.0. The number of methoxy groups -OCH3 is 1. The van der Waals surface area contributed by atoms with Crippen molar-refractivity contribution in [2.45, 2.75) is 51.2 Å². The number of carbonyl (C=O) groups is 1. The number of nitrogens with zero attached hydrogens (tertiary/aromatic N) is 1. The Morgan fingerprint density at radius 2 is 2.09 bits per heavy atom. The Balaban J connectivity index is 1.88. The lowest BCUT2D eigenvalue weighted by Gasteiger charge is -2.23. The average Bonchev–Trinajstić information content (AvgIpc) is 3.07. The Kier molecular flexibility index (Phi) is 4.69. The number of cyclic esters (lactones) is 1. The highest BCUT2D eigenvalue weighted by molar-refractivity contribution is 6.06. The second-order valence-corrected chi connectivity index (χ2v) is 5.80. The van der Waals surface area contributed by atoms with Gasteiger partial charge in [0.15, 0.2) is 11.5 Å². The summed E-state index contributed by atoms with van der Waals surface area (Å²) in [6.07, 6.45) is 4.60. The second kappa shape index (κ2) is 6.89. The van der Waals surface area contributed by atoms with Gasteiger partial charge in [-0.15, -0.1) is 0 Å². The van der Waals surface area contributed by atoms with E-state index in [0.29, 0.717) is 23.6 Å². The van der Waals surface area contributed by atoms with Crippen LogP contribution in [0.2, 0.25) is 0 Å². The number of hydrogen-bond acceptors (Lipinski definition) is 5. The molecule has 1 aliphatic heterocycles. The molecule has 23 heavy (non-hydrogen) atoms. The van der Waals surface area contributed by atoms with Crippen molar-refractivity contribution in [3.05, 3.63) is 23.8 Å². The van der Waals surface area contributed by atoms with Crippen LogP contribution in [0.1, 0.15) is 44.6 Å². The quantitative estimate of drug-likeness (QED) is 0.905. The maximum atomic E-state index is 11.3. The summed E-state index contributed by atoms with van der Waals surface area (Å²) in [5.74, 6) is 1.42. The van der Waals surface area contributed by atoms with Gasteiger partial charge in [0, 0.05) is 5.56 Å². The van der Waals surface area contributed by atoms with Gasteiger partial charge in [0.2, 0.25) is 0 Å². The molecule has 2 aliphatic rings. The summed E-state index contributed by atoms with van der Waals surface area (Å²) in [6.45, 7) is 1.96. The lowest BCUT2D eigenvalue weighted by Crippen LogP contribution is -2.38. The Labute approximate surface area is 135 Å². The van der Waals surface area contributed by atoms with Crippen molar-refractivity contribution < 1.29 is 19.0 Å². The van der Waals surface area contributed by atoms with Crippen molar-refractivity contribution in [3.63, 3.8) is 0 Å². The molecule has 0 radical (unpaired) electrons. The summed E-state index contributed by atoms with van der Waals surface area (Å²) < 4.78 is 16.8. The lowest BCUT2D eigenvalue weighted by molar-refractivity contribution is 0.119. The predicted octanol–water partition coefficient (Wildman–Crippen LogP) is 3.24. The van der Waals surface area contributed by atoms with Crippen LogP contribution in [0, 0.1) is 0 Å². The molecular weight excluding hydrogens is 296 g/mol. The molecule has 124 valence electrons. The third-order valence-electron chi connectivity index (χ3n) is 4.25. The molecule has 6 nitrogen and oxygen atoms in total. The maximum Gasteiger partial charge on any atom is 0.428 e. The highest BCUT2D eigenvalue weighted by Gasteiger charge is 2.26. The smallest absolute Gasteiger partial charge is 0.428 e. The van der Waals surface area contributed by atoms with Gasteiger partial charge in [0.1, 0.15) is 11.8 Å². The van der Waals surface area contributed by atoms with Crippen LogP contribution < -0.4 is 14.9 Å². The first-order valence-electron chi connectivity index (χ1n) is 8.10. The maximum absolute atomic E-state index is 11.3. The highest BCUT2D eigenvalue weighted by atomic mass is 16.6. The third kappa shape index (κ3) is 3.41. The number of nitrogens with one attached hydrogen (secondary N) is 1. The predicted molar refractivity (Wildman–Crippen MR) is 86.1 cm³/mol. The minimum absolute atomic E-state index is 0.241. The van der Waals surface area contributed by atoms with Gasteiger partial charge in [-0.2, -0.15) is 5.10 Å². The topological polar surface area (TPSA) is 69.2 Å². The van der Waals surface area contributed by atoms with E-state index < -0.39 is 6.09 Å². The van der Waals surface area contributed by atoms with E-state index in [4.69, 9.17) is 14.2 Å². The molecule has 1 aromatic carbocycles. The molecule has 1 unspecified atom stereocenters. The SMILES string of the molecule is CCC1OC(=O)NN=C1c1ccc(OC)c(OC2CCCC2)c1. The Bertz CT molecular complexity index is 609. The third-order valence-corrected chi connectivity index (χ3v) is 4.25. The molecule has 0 aromatic heterocycles. The van der Waals surface area contributed by atoms with Gasteiger partial charge in [0.25, 0.3) is 0 Å². The summed E-state index contributed by atoms with van der Waals surface area (Å²) in [4.78, 5) is 11.3. The zero-order valence-corrected chi connectivity index (χ0v) is 13.5. The van der Waals surface area contributed by atoms with E-state index in [1.807, 2.05) is 25.1 Å². The molecule has 1 aromatic rings. The number of hydrazone groups is 1. The van der Waals surface area contributed by atoms with Crippen molar-refractivity contribution >= 4 is 11.8 Å². The standard InChI is InChI=1S/C17H22N2O4/c1-3-13-16(18-19-17(20)23-13)11-8-9-14(21-2)15(10-11)22-12-6-4-5-7-12/h8-10,12-13H,3-7H2,1-2H3,(H,19,20). The number of carbonyl (C=O) groups excluding carboxylic acids is 1. The summed E-state index contributed by atoms with van der Waals surface area (Å²) in [5, 5.41) is 4.16. The van der Waals surface area contributed by atoms with Crippen LogP contribution in [0.4, 0.5) is 4.79 Å². The van der Waals surface area contributed by atoms with Gasteiger partial charge >= 0.3 is 6.09 Å². The van der Waals surface area contributed by atoms with Crippen molar-refractivity contribution in [3.8, 4) is 11.5 Å². The summed E-state index contributed by atoms with van der Waals surface area (Å²) >= 11 is 0. The van der Waals surface area contributed by atoms with Gasteiger partial charge in [-0.05, 0) is 50.3 Å². The molecule has 1 aliphatic carbocycles. The van der Waals surface area contributed by atoms with Crippen molar-refractivity contribution in [1.82, 2.24) is 5.43 Å². The zero-order valence-electron chi connectivity index (χ0n) is 13.5. The van der Waals surface area contributed by atoms with Gasteiger partial charge in [-0.1, -0.05) is 6.92 Å². The number of ether oxygens (including phenoxy) is 3. The molecule has 1 heterocycles. The number of hydrogen-bond donors (Lipinski definition) is 1. The molecular formula is C17H22N2O4.